The minimum Gasteiger partial charge on any atom is -0.497 e. The van der Waals surface area contributed by atoms with Crippen molar-refractivity contribution < 1.29 is 68.5 Å². The van der Waals surface area contributed by atoms with Crippen LogP contribution in [0.15, 0.2) is 30.4 Å². The number of methoxy groups -OCH3 is 2. The number of halogens is 5. The van der Waals surface area contributed by atoms with E-state index in [1.807, 2.05) is 0 Å². The molecule has 4 heterocycles. The molecule has 328 valence electrons. The Morgan fingerprint density at radius 2 is 1.87 bits per heavy atom. The standard InChI is InChI=1S/C39H46F5N5O10S/c1-56-21-37(14-15-37)60(54,55)48-34(52)38-17-22(38)8-6-4-3-5-7-9-27(46-35(53)58-19-29(40)41)33(51)49-20-36(18-28(49)32(50)47-38)13-12-24-25-16-23(57-2)10-11-26(25)45-31(30(24)59-36)39(42,43)44/h6,8,10-11,16,22,27-29H,3-5,7,9,12-15,17-21H2,1-2H3,(H,46,53)(H,47,50)(H,48,52)/b8-6-/t22-,27+,28+,36-,38-/m1/s1. The van der Waals surface area contributed by atoms with Gasteiger partial charge in [0.15, 0.2) is 18.1 Å². The fourth-order valence-electron chi connectivity index (χ4n) is 8.58. The van der Waals surface area contributed by atoms with Crippen molar-refractivity contribution in [3.8, 4) is 11.5 Å². The number of fused-ring (bicyclic) bond motifs is 5. The van der Waals surface area contributed by atoms with Gasteiger partial charge in [0.1, 0.15) is 33.7 Å². The third-order valence-corrected chi connectivity index (χ3v) is 14.2. The van der Waals surface area contributed by atoms with Gasteiger partial charge in [-0.25, -0.2) is 27.0 Å². The van der Waals surface area contributed by atoms with Crippen LogP contribution in [0.3, 0.4) is 0 Å². The van der Waals surface area contributed by atoms with E-state index in [1.54, 1.807) is 12.2 Å². The molecule has 1 saturated heterocycles. The van der Waals surface area contributed by atoms with Crippen molar-refractivity contribution in [3.05, 3.63) is 41.6 Å². The highest BCUT2D eigenvalue weighted by atomic mass is 32.2. The summed E-state index contributed by atoms with van der Waals surface area (Å²) in [4.78, 5) is 60.9. The molecule has 1 spiro atoms. The zero-order valence-electron chi connectivity index (χ0n) is 32.9. The maximum Gasteiger partial charge on any atom is 0.437 e. The van der Waals surface area contributed by atoms with E-state index >= 15 is 0 Å². The minimum atomic E-state index is -4.99. The van der Waals surface area contributed by atoms with E-state index < -0.39 is 105 Å². The van der Waals surface area contributed by atoms with Crippen molar-refractivity contribution in [1.29, 1.82) is 0 Å². The third-order valence-electron chi connectivity index (χ3n) is 12.1. The summed E-state index contributed by atoms with van der Waals surface area (Å²) >= 11 is 0. The van der Waals surface area contributed by atoms with Crippen molar-refractivity contribution in [3.63, 3.8) is 0 Å². The van der Waals surface area contributed by atoms with Gasteiger partial charge in [-0.2, -0.15) is 13.2 Å². The lowest BCUT2D eigenvalue weighted by Crippen LogP contribution is -2.59. The number of ether oxygens (including phenoxy) is 4. The molecule has 3 N–H and O–H groups in total. The number of hydrogen-bond donors (Lipinski definition) is 3. The largest absolute Gasteiger partial charge is 0.497 e. The van der Waals surface area contributed by atoms with Gasteiger partial charge in [-0.3, -0.25) is 19.1 Å². The summed E-state index contributed by atoms with van der Waals surface area (Å²) in [5.41, 5.74) is -4.51. The molecular weight excluding hydrogens is 826 g/mol. The molecule has 4 amide bonds. The number of aryl methyl sites for hydroxylation is 1. The second kappa shape index (κ2) is 16.2. The molecule has 2 aromatic rings. The van der Waals surface area contributed by atoms with Gasteiger partial charge in [0, 0.05) is 30.4 Å². The maximum absolute atomic E-state index is 14.7. The predicted octanol–water partition coefficient (Wildman–Crippen LogP) is 4.31. The number of hydrogen-bond acceptors (Lipinski definition) is 11. The molecule has 0 radical (unpaired) electrons. The number of rotatable bonds is 9. The molecule has 0 unspecified atom stereocenters. The predicted molar refractivity (Wildman–Crippen MR) is 201 cm³/mol. The van der Waals surface area contributed by atoms with Gasteiger partial charge in [-0.05, 0) is 69.6 Å². The lowest BCUT2D eigenvalue weighted by molar-refractivity contribution is -0.144. The third kappa shape index (κ3) is 8.42. The fraction of sp³-hybridized carbons (Fsp3) is 0.615. The van der Waals surface area contributed by atoms with E-state index in [0.717, 1.165) is 4.90 Å². The lowest BCUT2D eigenvalue weighted by atomic mass is 9.87. The average Bonchev–Trinajstić information content (AvgIpc) is 4.10. The van der Waals surface area contributed by atoms with Crippen LogP contribution < -0.4 is 24.8 Å². The van der Waals surface area contributed by atoms with E-state index in [0.29, 0.717) is 36.8 Å². The second-order valence-electron chi connectivity index (χ2n) is 16.2. The molecule has 3 fully saturated rings. The zero-order chi connectivity index (χ0) is 43.3. The number of benzene rings is 1. The van der Waals surface area contributed by atoms with E-state index in [4.69, 9.17) is 14.2 Å². The molecule has 2 aliphatic carbocycles. The number of carbonyl (C=O) groups excluding carboxylic acids is 4. The Hall–Kier alpha value is -4.79. The van der Waals surface area contributed by atoms with Crippen molar-refractivity contribution in [2.24, 2.45) is 5.92 Å². The molecule has 2 saturated carbocycles. The summed E-state index contributed by atoms with van der Waals surface area (Å²) in [6, 6.07) is 1.45. The number of nitrogens with one attached hydrogen (secondary N) is 3. The summed E-state index contributed by atoms with van der Waals surface area (Å²) in [6.07, 6.45) is -3.70. The highest BCUT2D eigenvalue weighted by Gasteiger charge is 2.64. The van der Waals surface area contributed by atoms with Crippen molar-refractivity contribution in [2.45, 2.75) is 111 Å². The van der Waals surface area contributed by atoms with Crippen molar-refractivity contribution in [1.82, 2.24) is 25.2 Å². The van der Waals surface area contributed by atoms with E-state index in [9.17, 15) is 49.5 Å². The average molecular weight is 872 g/mol. The monoisotopic (exact) mass is 871 g/mol. The Labute approximate surface area is 342 Å². The first kappa shape index (κ1) is 43.3. The fourth-order valence-corrected chi connectivity index (χ4v) is 10.1. The van der Waals surface area contributed by atoms with Gasteiger partial charge in [0.2, 0.25) is 21.8 Å². The quantitative estimate of drug-likeness (QED) is 0.241. The molecule has 3 aliphatic heterocycles. The summed E-state index contributed by atoms with van der Waals surface area (Å²) in [5, 5.41) is 5.38. The molecule has 1 aromatic carbocycles. The number of alkyl carbamates (subject to hydrolysis) is 1. The topological polar surface area (TPSA) is 192 Å². The highest BCUT2D eigenvalue weighted by Crippen LogP contribution is 2.51. The molecule has 0 bridgehead atoms. The molecule has 7 rings (SSSR count). The Bertz CT molecular complexity index is 2190. The van der Waals surface area contributed by atoms with Crippen LogP contribution in [0, 0.1) is 5.92 Å². The smallest absolute Gasteiger partial charge is 0.437 e. The summed E-state index contributed by atoms with van der Waals surface area (Å²) in [7, 11) is -1.55. The van der Waals surface area contributed by atoms with Crippen LogP contribution in [-0.4, -0.2) is 110 Å². The van der Waals surface area contributed by atoms with Crippen LogP contribution in [0.2, 0.25) is 0 Å². The van der Waals surface area contributed by atoms with Crippen LogP contribution in [0.4, 0.5) is 26.7 Å². The second-order valence-corrected chi connectivity index (χ2v) is 18.3. The first-order valence-electron chi connectivity index (χ1n) is 19.7. The van der Waals surface area contributed by atoms with Crippen molar-refractivity contribution in [2.75, 3.05) is 34.0 Å². The molecule has 1 aromatic heterocycles. The van der Waals surface area contributed by atoms with Crippen LogP contribution in [0.1, 0.15) is 75.5 Å². The van der Waals surface area contributed by atoms with E-state index in [1.165, 1.54) is 32.4 Å². The number of alkyl halides is 5. The van der Waals surface area contributed by atoms with Crippen LogP contribution in [-0.2, 0) is 46.5 Å². The first-order valence-corrected chi connectivity index (χ1v) is 21.2. The molecular formula is C39H46F5N5O10S. The van der Waals surface area contributed by atoms with Crippen molar-refractivity contribution >= 4 is 44.7 Å². The number of aromatic nitrogens is 1. The summed E-state index contributed by atoms with van der Waals surface area (Å²) < 4.78 is 119. The van der Waals surface area contributed by atoms with Gasteiger partial charge in [0.25, 0.3) is 12.3 Å². The number of amides is 4. The van der Waals surface area contributed by atoms with Gasteiger partial charge < -0.3 is 34.5 Å². The zero-order valence-corrected chi connectivity index (χ0v) is 33.7. The van der Waals surface area contributed by atoms with Crippen LogP contribution in [0.25, 0.3) is 10.9 Å². The lowest BCUT2D eigenvalue weighted by Gasteiger charge is -2.37. The van der Waals surface area contributed by atoms with E-state index in [2.05, 4.69) is 25.1 Å². The number of carbonyl (C=O) groups is 4. The van der Waals surface area contributed by atoms with Gasteiger partial charge in [0.05, 0.1) is 25.8 Å². The Morgan fingerprint density at radius 3 is 2.55 bits per heavy atom. The maximum atomic E-state index is 14.7. The number of nitrogens with zero attached hydrogens (tertiary/aromatic N) is 2. The van der Waals surface area contributed by atoms with E-state index in [-0.39, 0.29) is 62.6 Å². The summed E-state index contributed by atoms with van der Waals surface area (Å²) in [6.45, 7) is -1.88. The highest BCUT2D eigenvalue weighted by molar-refractivity contribution is 7.91. The molecule has 21 heteroatoms. The molecule has 5 aliphatic rings. The number of allylic oxidation sites excluding steroid dienone is 1. The SMILES string of the molecule is COCC1(S(=O)(=O)NC(=O)[C@@]23C[C@H]2/C=C\CCCCC[C@H](NC(=O)OCC(F)F)C(=O)N2C[C@@]4(CCc5c(c(C(F)(F)F)nc6ccc(OC)cc56)O4)C[C@H]2C(=O)N3)CC1. The summed E-state index contributed by atoms with van der Waals surface area (Å²) in [5.74, 6) is -3.69. The normalized spacial score (nSPS) is 28.3. The van der Waals surface area contributed by atoms with Crippen LogP contribution >= 0.6 is 0 Å². The van der Waals surface area contributed by atoms with Gasteiger partial charge in [-0.15, -0.1) is 0 Å². The molecule has 5 atom stereocenters. The van der Waals surface area contributed by atoms with Gasteiger partial charge in [-0.1, -0.05) is 25.0 Å². The van der Waals surface area contributed by atoms with Crippen LogP contribution in [0.5, 0.6) is 11.5 Å². The molecule has 60 heavy (non-hydrogen) atoms. The number of pyridine rings is 1. The number of sulfonamides is 1. The first-order chi connectivity index (χ1) is 28.4. The van der Waals surface area contributed by atoms with Gasteiger partial charge >= 0.3 is 12.3 Å². The molecule has 15 nitrogen and oxygen atoms in total. The Morgan fingerprint density at radius 1 is 1.10 bits per heavy atom. The minimum absolute atomic E-state index is 0.000856. The Kier molecular flexibility index (Phi) is 11.7. The Balaban J connectivity index is 1.26.